The summed E-state index contributed by atoms with van der Waals surface area (Å²) in [6, 6.07) is 1.84. The number of nitriles is 1. The van der Waals surface area contributed by atoms with Crippen molar-refractivity contribution in [2.24, 2.45) is 0 Å². The van der Waals surface area contributed by atoms with Crippen molar-refractivity contribution in [3.05, 3.63) is 12.2 Å². The van der Waals surface area contributed by atoms with Crippen LogP contribution in [-0.4, -0.2) is 11.6 Å². The molecule has 2 heterocycles. The molecule has 10 heavy (non-hydrogen) atoms. The molecule has 0 aromatic carbocycles. The molecule has 4 nitrogen and oxygen atoms in total. The molecule has 0 amide bonds. The van der Waals surface area contributed by atoms with Gasteiger partial charge in [-0.05, 0) is 19.1 Å². The standard InChI is InChI=1S/C6H5NO3/c1-5-2-3-6(4-7,8-5)10-9-5/h2-3H,1H3. The van der Waals surface area contributed by atoms with E-state index in [9.17, 15) is 0 Å². The van der Waals surface area contributed by atoms with E-state index in [1.807, 2.05) is 6.07 Å². The van der Waals surface area contributed by atoms with Gasteiger partial charge in [0.15, 0.2) is 0 Å². The van der Waals surface area contributed by atoms with Crippen LogP contribution in [-0.2, 0) is 14.5 Å². The van der Waals surface area contributed by atoms with E-state index in [1.165, 1.54) is 6.08 Å². The van der Waals surface area contributed by atoms with Crippen LogP contribution in [0.25, 0.3) is 0 Å². The lowest BCUT2D eigenvalue weighted by atomic mass is 10.3. The Morgan fingerprint density at radius 2 is 2.20 bits per heavy atom. The molecule has 0 N–H and O–H groups in total. The van der Waals surface area contributed by atoms with Gasteiger partial charge in [-0.2, -0.15) is 15.0 Å². The highest BCUT2D eigenvalue weighted by atomic mass is 17.3. The Labute approximate surface area is 57.5 Å². The highest BCUT2D eigenvalue weighted by molar-refractivity contribution is 5.20. The summed E-state index contributed by atoms with van der Waals surface area (Å²) in [6.45, 7) is 1.68. The summed E-state index contributed by atoms with van der Waals surface area (Å²) in [5, 5.41) is 8.53. The van der Waals surface area contributed by atoms with Gasteiger partial charge in [0, 0.05) is 0 Å². The SMILES string of the molecule is CC12C=CC(C#N)(OO1)O2. The minimum atomic E-state index is -1.28. The van der Waals surface area contributed by atoms with Gasteiger partial charge in [-0.3, -0.25) is 4.74 Å². The molecule has 2 atom stereocenters. The average Bonchev–Trinajstić information content (AvgIpc) is 2.42. The van der Waals surface area contributed by atoms with Crippen molar-refractivity contribution < 1.29 is 14.5 Å². The number of fused-ring (bicyclic) bond motifs is 2. The average molecular weight is 139 g/mol. The molecule has 1 saturated heterocycles. The van der Waals surface area contributed by atoms with E-state index in [0.29, 0.717) is 0 Å². The zero-order valence-corrected chi connectivity index (χ0v) is 5.33. The Kier molecular flexibility index (Phi) is 0.821. The first-order valence-corrected chi connectivity index (χ1v) is 2.87. The molecule has 2 rings (SSSR count). The Morgan fingerprint density at radius 3 is 2.40 bits per heavy atom. The Hall–Kier alpha value is -0.890. The first-order chi connectivity index (χ1) is 4.68. The molecule has 2 unspecified atom stereocenters. The summed E-state index contributed by atoms with van der Waals surface area (Å²) in [5.41, 5.74) is 0. The first kappa shape index (κ1) is 5.86. The van der Waals surface area contributed by atoms with Crippen molar-refractivity contribution in [2.45, 2.75) is 18.5 Å². The summed E-state index contributed by atoms with van der Waals surface area (Å²) in [5.74, 6) is -2.13. The molecule has 0 aromatic heterocycles. The fourth-order valence-corrected chi connectivity index (χ4v) is 0.943. The smallest absolute Gasteiger partial charge is 0.294 e. The second kappa shape index (κ2) is 1.40. The molecule has 2 bridgehead atoms. The van der Waals surface area contributed by atoms with E-state index in [0.717, 1.165) is 0 Å². The van der Waals surface area contributed by atoms with Crippen LogP contribution in [0.1, 0.15) is 6.92 Å². The minimum absolute atomic E-state index is 0.851. The first-order valence-electron chi connectivity index (χ1n) is 2.87. The number of ether oxygens (including phenoxy) is 1. The number of nitrogens with zero attached hydrogens (tertiary/aromatic N) is 1. The lowest BCUT2D eigenvalue weighted by Gasteiger charge is -2.09. The van der Waals surface area contributed by atoms with Crippen LogP contribution in [0.15, 0.2) is 12.2 Å². The van der Waals surface area contributed by atoms with Crippen LogP contribution in [0.5, 0.6) is 0 Å². The zero-order chi connectivity index (χ0) is 7.24. The van der Waals surface area contributed by atoms with Crippen LogP contribution in [0.4, 0.5) is 0 Å². The fraction of sp³-hybridized carbons (Fsp3) is 0.500. The maximum atomic E-state index is 8.53. The van der Waals surface area contributed by atoms with Crippen LogP contribution in [0.3, 0.4) is 0 Å². The molecule has 4 heteroatoms. The van der Waals surface area contributed by atoms with Crippen LogP contribution in [0, 0.1) is 11.3 Å². The molecular formula is C6H5NO3. The summed E-state index contributed by atoms with van der Waals surface area (Å²) in [4.78, 5) is 9.32. The summed E-state index contributed by atoms with van der Waals surface area (Å²) in [7, 11) is 0. The summed E-state index contributed by atoms with van der Waals surface area (Å²) >= 11 is 0. The zero-order valence-electron chi connectivity index (χ0n) is 5.33. The third kappa shape index (κ3) is 0.543. The third-order valence-corrected chi connectivity index (χ3v) is 1.45. The molecule has 0 spiro atoms. The van der Waals surface area contributed by atoms with E-state index in [2.05, 4.69) is 4.89 Å². The lowest BCUT2D eigenvalue weighted by Crippen LogP contribution is -2.23. The monoisotopic (exact) mass is 139 g/mol. The maximum absolute atomic E-state index is 8.53. The van der Waals surface area contributed by atoms with Gasteiger partial charge in [-0.15, -0.1) is 0 Å². The van der Waals surface area contributed by atoms with Crippen molar-refractivity contribution in [1.29, 1.82) is 5.26 Å². The second-order valence-electron chi connectivity index (χ2n) is 2.40. The second-order valence-corrected chi connectivity index (χ2v) is 2.40. The van der Waals surface area contributed by atoms with E-state index in [1.54, 1.807) is 13.0 Å². The van der Waals surface area contributed by atoms with E-state index >= 15 is 0 Å². The van der Waals surface area contributed by atoms with Gasteiger partial charge in [0.2, 0.25) is 5.79 Å². The number of hydrogen-bond donors (Lipinski definition) is 0. The highest BCUT2D eigenvalue weighted by Gasteiger charge is 2.53. The molecule has 0 aliphatic carbocycles. The van der Waals surface area contributed by atoms with Gasteiger partial charge in [0.1, 0.15) is 6.07 Å². The number of hydrogen-bond acceptors (Lipinski definition) is 4. The summed E-state index contributed by atoms with van der Waals surface area (Å²) in [6.07, 6.45) is 3.19. The van der Waals surface area contributed by atoms with Gasteiger partial charge in [-0.1, -0.05) is 0 Å². The molecular weight excluding hydrogens is 134 g/mol. The Morgan fingerprint density at radius 1 is 1.40 bits per heavy atom. The van der Waals surface area contributed by atoms with Crippen molar-refractivity contribution in [1.82, 2.24) is 0 Å². The van der Waals surface area contributed by atoms with Gasteiger partial charge in [0.05, 0.1) is 0 Å². The van der Waals surface area contributed by atoms with Crippen LogP contribution in [0.2, 0.25) is 0 Å². The molecule has 0 saturated carbocycles. The van der Waals surface area contributed by atoms with Gasteiger partial charge < -0.3 is 0 Å². The van der Waals surface area contributed by atoms with Crippen molar-refractivity contribution >= 4 is 0 Å². The van der Waals surface area contributed by atoms with E-state index in [-0.39, 0.29) is 0 Å². The third-order valence-electron chi connectivity index (χ3n) is 1.45. The minimum Gasteiger partial charge on any atom is -0.294 e. The van der Waals surface area contributed by atoms with Crippen LogP contribution < -0.4 is 0 Å². The normalized spacial score (nSPS) is 49.6. The van der Waals surface area contributed by atoms with E-state index < -0.39 is 11.6 Å². The fourth-order valence-electron chi connectivity index (χ4n) is 0.943. The van der Waals surface area contributed by atoms with Crippen molar-refractivity contribution in [2.75, 3.05) is 0 Å². The maximum Gasteiger partial charge on any atom is 0.311 e. The van der Waals surface area contributed by atoms with Gasteiger partial charge in [-0.25, -0.2) is 0 Å². The quantitative estimate of drug-likeness (QED) is 0.361. The predicted molar refractivity (Wildman–Crippen MR) is 29.1 cm³/mol. The van der Waals surface area contributed by atoms with Gasteiger partial charge in [0.25, 0.3) is 0 Å². The largest absolute Gasteiger partial charge is 0.311 e. The van der Waals surface area contributed by atoms with Gasteiger partial charge >= 0.3 is 5.79 Å². The molecule has 0 aromatic rings. The highest BCUT2D eigenvalue weighted by Crippen LogP contribution is 2.40. The Bertz CT molecular complexity index is 244. The Balaban J connectivity index is 2.39. The summed E-state index contributed by atoms with van der Waals surface area (Å²) < 4.78 is 5.08. The molecule has 1 fully saturated rings. The van der Waals surface area contributed by atoms with Crippen molar-refractivity contribution in [3.63, 3.8) is 0 Å². The topological polar surface area (TPSA) is 51.5 Å². The van der Waals surface area contributed by atoms with Crippen LogP contribution >= 0.6 is 0 Å². The molecule has 0 radical (unpaired) electrons. The van der Waals surface area contributed by atoms with Crippen molar-refractivity contribution in [3.8, 4) is 6.07 Å². The molecule has 2 aliphatic heterocycles. The predicted octanol–water partition coefficient (Wildman–Crippen LogP) is 0.471. The molecule has 52 valence electrons. The number of rotatable bonds is 0. The van der Waals surface area contributed by atoms with E-state index in [4.69, 9.17) is 14.9 Å². The lowest BCUT2D eigenvalue weighted by molar-refractivity contribution is -0.325. The molecule has 2 aliphatic rings.